The molecule has 2 N–H and O–H groups in total. The van der Waals surface area contributed by atoms with Crippen LogP contribution < -0.4 is 10.5 Å². The van der Waals surface area contributed by atoms with E-state index < -0.39 is 0 Å². The third-order valence-corrected chi connectivity index (χ3v) is 2.44. The van der Waals surface area contributed by atoms with Crippen molar-refractivity contribution >= 4 is 0 Å². The van der Waals surface area contributed by atoms with Gasteiger partial charge in [0.15, 0.2) is 0 Å². The van der Waals surface area contributed by atoms with Gasteiger partial charge in [-0.2, -0.15) is 5.26 Å². The number of rotatable bonds is 1. The van der Waals surface area contributed by atoms with Crippen molar-refractivity contribution in [3.8, 4) is 11.8 Å². The predicted molar refractivity (Wildman–Crippen MR) is 52.8 cm³/mol. The molecule has 1 atom stereocenters. The van der Waals surface area contributed by atoms with Crippen molar-refractivity contribution in [2.24, 2.45) is 5.73 Å². The van der Waals surface area contributed by atoms with Gasteiger partial charge in [0, 0.05) is 18.0 Å². The van der Waals surface area contributed by atoms with E-state index >= 15 is 0 Å². The second-order valence-electron chi connectivity index (χ2n) is 3.45. The van der Waals surface area contributed by atoms with Crippen LogP contribution >= 0.6 is 0 Å². The molecule has 1 aromatic carbocycles. The quantitative estimate of drug-likeness (QED) is 0.727. The molecule has 0 aromatic heterocycles. The van der Waals surface area contributed by atoms with Crippen LogP contribution in [0.15, 0.2) is 18.2 Å². The summed E-state index contributed by atoms with van der Waals surface area (Å²) in [6.07, 6.45) is 1.28. The lowest BCUT2D eigenvalue weighted by molar-refractivity contribution is 0.269. The van der Waals surface area contributed by atoms with Gasteiger partial charge in [-0.05, 0) is 17.7 Å². The van der Waals surface area contributed by atoms with Gasteiger partial charge in [0.05, 0.1) is 19.1 Å². The first-order chi connectivity index (χ1) is 6.81. The van der Waals surface area contributed by atoms with Crippen LogP contribution in [0.3, 0.4) is 0 Å². The zero-order valence-corrected chi connectivity index (χ0v) is 7.86. The van der Waals surface area contributed by atoms with Crippen LogP contribution in [0, 0.1) is 11.3 Å². The van der Waals surface area contributed by atoms with Gasteiger partial charge >= 0.3 is 0 Å². The number of hydrogen-bond acceptors (Lipinski definition) is 3. The minimum Gasteiger partial charge on any atom is -0.493 e. The first kappa shape index (κ1) is 9.04. The Morgan fingerprint density at radius 3 is 3.21 bits per heavy atom. The Labute approximate surface area is 83.1 Å². The van der Waals surface area contributed by atoms with Gasteiger partial charge in [0.2, 0.25) is 0 Å². The average molecular weight is 188 g/mol. The zero-order valence-electron chi connectivity index (χ0n) is 7.86. The van der Waals surface area contributed by atoms with Crippen molar-refractivity contribution in [2.45, 2.75) is 18.9 Å². The molecule has 0 unspecified atom stereocenters. The van der Waals surface area contributed by atoms with Crippen molar-refractivity contribution in [1.29, 1.82) is 5.26 Å². The molecule has 0 fully saturated rings. The molecule has 2 rings (SSSR count). The molecule has 0 saturated heterocycles. The lowest BCUT2D eigenvalue weighted by atomic mass is 9.98. The summed E-state index contributed by atoms with van der Waals surface area (Å²) >= 11 is 0. The molecule has 14 heavy (non-hydrogen) atoms. The van der Waals surface area contributed by atoms with Gasteiger partial charge in [0.25, 0.3) is 0 Å². The summed E-state index contributed by atoms with van der Waals surface area (Å²) in [5.74, 6) is 0.866. The number of ether oxygens (including phenoxy) is 1. The smallest absolute Gasteiger partial charge is 0.124 e. The van der Waals surface area contributed by atoms with E-state index in [9.17, 15) is 0 Å². The normalized spacial score (nSPS) is 19.3. The maximum absolute atomic E-state index is 8.58. The standard InChI is InChI=1S/C11H12N2O/c12-5-3-8-1-2-11-9(7-8)10(13)4-6-14-11/h1-2,7,10H,3-4,6,13H2/t10-/m1/s1. The molecule has 1 aromatic rings. The Morgan fingerprint density at radius 1 is 1.57 bits per heavy atom. The lowest BCUT2D eigenvalue weighted by Crippen LogP contribution is -2.20. The Kier molecular flexibility index (Phi) is 2.38. The van der Waals surface area contributed by atoms with E-state index in [1.807, 2.05) is 18.2 Å². The van der Waals surface area contributed by atoms with E-state index in [2.05, 4.69) is 6.07 Å². The van der Waals surface area contributed by atoms with E-state index in [4.69, 9.17) is 15.7 Å². The van der Waals surface area contributed by atoms with Crippen molar-refractivity contribution < 1.29 is 4.74 Å². The second kappa shape index (κ2) is 3.69. The fraction of sp³-hybridized carbons (Fsp3) is 0.364. The molecule has 1 heterocycles. The predicted octanol–water partition coefficient (Wildman–Crippen LogP) is 1.53. The van der Waals surface area contributed by atoms with Gasteiger partial charge in [-0.25, -0.2) is 0 Å². The molecular weight excluding hydrogens is 176 g/mol. The molecule has 3 heteroatoms. The minimum absolute atomic E-state index is 0.0531. The molecule has 0 bridgehead atoms. The Hall–Kier alpha value is -1.53. The summed E-state index contributed by atoms with van der Waals surface area (Å²) in [7, 11) is 0. The van der Waals surface area contributed by atoms with E-state index in [1.54, 1.807) is 0 Å². The zero-order chi connectivity index (χ0) is 9.97. The largest absolute Gasteiger partial charge is 0.493 e. The minimum atomic E-state index is 0.0531. The highest BCUT2D eigenvalue weighted by atomic mass is 16.5. The molecule has 3 nitrogen and oxygen atoms in total. The highest BCUT2D eigenvalue weighted by molar-refractivity contribution is 5.41. The first-order valence-electron chi connectivity index (χ1n) is 4.69. The van der Waals surface area contributed by atoms with E-state index in [1.165, 1.54) is 0 Å². The van der Waals surface area contributed by atoms with Crippen LogP contribution in [0.1, 0.15) is 23.6 Å². The summed E-state index contributed by atoms with van der Waals surface area (Å²) in [5.41, 5.74) is 7.99. The monoisotopic (exact) mass is 188 g/mol. The summed E-state index contributed by atoms with van der Waals surface area (Å²) in [6.45, 7) is 0.686. The SMILES string of the molecule is N#CCc1ccc2c(c1)[C@H](N)CCO2. The van der Waals surface area contributed by atoms with Gasteiger partial charge in [-0.3, -0.25) is 0 Å². The molecular formula is C11H12N2O. The maximum Gasteiger partial charge on any atom is 0.124 e. The van der Waals surface area contributed by atoms with E-state index in [0.29, 0.717) is 13.0 Å². The molecule has 72 valence electrons. The highest BCUT2D eigenvalue weighted by Gasteiger charge is 2.17. The Bertz CT molecular complexity index is 381. The molecule has 0 saturated carbocycles. The van der Waals surface area contributed by atoms with Crippen LogP contribution in [0.5, 0.6) is 5.75 Å². The number of hydrogen-bond donors (Lipinski definition) is 1. The third-order valence-electron chi connectivity index (χ3n) is 2.44. The molecule has 0 aliphatic carbocycles. The van der Waals surface area contributed by atoms with E-state index in [-0.39, 0.29) is 6.04 Å². The van der Waals surface area contributed by atoms with Gasteiger partial charge < -0.3 is 10.5 Å². The van der Waals surface area contributed by atoms with Crippen LogP contribution in [0.4, 0.5) is 0 Å². The Balaban J connectivity index is 2.37. The van der Waals surface area contributed by atoms with Crippen LogP contribution in [-0.4, -0.2) is 6.61 Å². The average Bonchev–Trinajstić information content (AvgIpc) is 2.20. The van der Waals surface area contributed by atoms with Crippen LogP contribution in [0.2, 0.25) is 0 Å². The van der Waals surface area contributed by atoms with Crippen molar-refractivity contribution in [2.75, 3.05) is 6.61 Å². The number of nitriles is 1. The molecule has 0 spiro atoms. The third kappa shape index (κ3) is 1.57. The second-order valence-corrected chi connectivity index (χ2v) is 3.45. The van der Waals surface area contributed by atoms with Crippen LogP contribution in [-0.2, 0) is 6.42 Å². The van der Waals surface area contributed by atoms with Gasteiger partial charge in [-0.15, -0.1) is 0 Å². The highest BCUT2D eigenvalue weighted by Crippen LogP contribution is 2.31. The topological polar surface area (TPSA) is 59.0 Å². The van der Waals surface area contributed by atoms with E-state index in [0.717, 1.165) is 23.3 Å². The lowest BCUT2D eigenvalue weighted by Gasteiger charge is -2.23. The summed E-state index contributed by atoms with van der Waals surface area (Å²) in [4.78, 5) is 0. The summed E-state index contributed by atoms with van der Waals surface area (Å²) in [6, 6.07) is 7.97. The van der Waals surface area contributed by atoms with Crippen molar-refractivity contribution in [1.82, 2.24) is 0 Å². The molecule has 0 amide bonds. The summed E-state index contributed by atoms with van der Waals surface area (Å²) < 4.78 is 5.46. The van der Waals surface area contributed by atoms with Crippen molar-refractivity contribution in [3.63, 3.8) is 0 Å². The maximum atomic E-state index is 8.58. The number of fused-ring (bicyclic) bond motifs is 1. The number of nitrogens with two attached hydrogens (primary N) is 1. The number of benzene rings is 1. The number of nitrogens with zero attached hydrogens (tertiary/aromatic N) is 1. The van der Waals surface area contributed by atoms with Gasteiger partial charge in [-0.1, -0.05) is 6.07 Å². The molecule has 1 aliphatic heterocycles. The summed E-state index contributed by atoms with van der Waals surface area (Å²) in [5, 5.41) is 8.58. The molecule has 1 aliphatic rings. The molecule has 0 radical (unpaired) electrons. The fourth-order valence-electron chi connectivity index (χ4n) is 1.67. The van der Waals surface area contributed by atoms with Crippen molar-refractivity contribution in [3.05, 3.63) is 29.3 Å². The van der Waals surface area contributed by atoms with Gasteiger partial charge in [0.1, 0.15) is 5.75 Å². The van der Waals surface area contributed by atoms with Crippen LogP contribution in [0.25, 0.3) is 0 Å². The fourth-order valence-corrected chi connectivity index (χ4v) is 1.67. The Morgan fingerprint density at radius 2 is 2.43 bits per heavy atom. The first-order valence-corrected chi connectivity index (χ1v) is 4.69.